The summed E-state index contributed by atoms with van der Waals surface area (Å²) in [5.74, 6) is -4.54. The van der Waals surface area contributed by atoms with Crippen molar-refractivity contribution in [2.75, 3.05) is 0 Å². The predicted octanol–water partition coefficient (Wildman–Crippen LogP) is 0.707. The van der Waals surface area contributed by atoms with Crippen LogP contribution in [0.2, 0.25) is 0 Å². The Morgan fingerprint density at radius 3 is 1.53 bits per heavy atom. The van der Waals surface area contributed by atoms with Crippen LogP contribution in [0.3, 0.4) is 0 Å². The zero-order valence-corrected chi connectivity index (χ0v) is 9.72. The molecule has 0 saturated carbocycles. The first-order valence-corrected chi connectivity index (χ1v) is 5.25. The third-order valence-electron chi connectivity index (χ3n) is 2.41. The maximum Gasteiger partial charge on any atom is 0.307 e. The molecule has 0 radical (unpaired) electrons. The quantitative estimate of drug-likeness (QED) is 0.701. The van der Waals surface area contributed by atoms with E-state index >= 15 is 0 Å². The lowest BCUT2D eigenvalue weighted by molar-refractivity contribution is -0.137. The van der Waals surface area contributed by atoms with Crippen molar-refractivity contribution in [2.45, 2.75) is 19.3 Å². The van der Waals surface area contributed by atoms with Crippen LogP contribution in [0.15, 0.2) is 12.1 Å². The Kier molecular flexibility index (Phi) is 4.57. The van der Waals surface area contributed by atoms with E-state index in [-0.39, 0.29) is 16.7 Å². The number of carboxylic acids is 3. The molecular weight excluding hydrogens is 259 g/mol. The topological polar surface area (TPSA) is 112 Å². The van der Waals surface area contributed by atoms with Crippen LogP contribution in [-0.4, -0.2) is 33.2 Å². The van der Waals surface area contributed by atoms with Gasteiger partial charge in [-0.1, -0.05) is 0 Å². The van der Waals surface area contributed by atoms with Gasteiger partial charge in [0.05, 0.1) is 19.3 Å². The molecule has 7 heteroatoms. The minimum atomic E-state index is -1.25. The zero-order chi connectivity index (χ0) is 14.6. The summed E-state index contributed by atoms with van der Waals surface area (Å²) < 4.78 is 13.3. The van der Waals surface area contributed by atoms with Gasteiger partial charge in [-0.2, -0.15) is 0 Å². The molecule has 0 aliphatic carbocycles. The number of carbonyl (C=O) groups is 3. The molecule has 19 heavy (non-hydrogen) atoms. The highest BCUT2D eigenvalue weighted by atomic mass is 19.1. The average Bonchev–Trinajstić information content (AvgIpc) is 2.20. The Bertz CT molecular complexity index is 500. The van der Waals surface area contributed by atoms with Gasteiger partial charge in [-0.05, 0) is 28.8 Å². The highest BCUT2D eigenvalue weighted by Crippen LogP contribution is 2.20. The van der Waals surface area contributed by atoms with Gasteiger partial charge in [-0.15, -0.1) is 0 Å². The van der Waals surface area contributed by atoms with Gasteiger partial charge in [0.1, 0.15) is 5.82 Å². The minimum Gasteiger partial charge on any atom is -0.481 e. The lowest BCUT2D eigenvalue weighted by Gasteiger charge is -2.11. The molecule has 0 aliphatic heterocycles. The van der Waals surface area contributed by atoms with Crippen molar-refractivity contribution in [3.05, 3.63) is 34.6 Å². The van der Waals surface area contributed by atoms with Crippen LogP contribution >= 0.6 is 0 Å². The summed E-state index contributed by atoms with van der Waals surface area (Å²) in [5, 5.41) is 26.2. The van der Waals surface area contributed by atoms with E-state index in [0.29, 0.717) is 0 Å². The van der Waals surface area contributed by atoms with Gasteiger partial charge < -0.3 is 15.3 Å². The van der Waals surface area contributed by atoms with Gasteiger partial charge in [-0.25, -0.2) is 4.39 Å². The zero-order valence-electron chi connectivity index (χ0n) is 9.72. The number of hydrogen-bond donors (Lipinski definition) is 3. The van der Waals surface area contributed by atoms with Gasteiger partial charge in [0.25, 0.3) is 0 Å². The van der Waals surface area contributed by atoms with E-state index in [4.69, 9.17) is 15.3 Å². The van der Waals surface area contributed by atoms with Gasteiger partial charge in [0.15, 0.2) is 0 Å². The molecule has 0 bridgehead atoms. The molecule has 0 amide bonds. The third kappa shape index (κ3) is 4.38. The number of benzene rings is 1. The van der Waals surface area contributed by atoms with E-state index in [9.17, 15) is 18.8 Å². The SMILES string of the molecule is O=C(O)Cc1cc(F)cc(CC(=O)O)c1CC(=O)O. The first kappa shape index (κ1) is 14.6. The summed E-state index contributed by atoms with van der Waals surface area (Å²) in [6.45, 7) is 0. The van der Waals surface area contributed by atoms with Crippen molar-refractivity contribution in [3.8, 4) is 0 Å². The molecule has 1 aromatic rings. The van der Waals surface area contributed by atoms with Crippen LogP contribution in [0.25, 0.3) is 0 Å². The van der Waals surface area contributed by atoms with Crippen LogP contribution in [0, 0.1) is 5.82 Å². The predicted molar refractivity (Wildman–Crippen MR) is 60.4 cm³/mol. The second-order valence-corrected chi connectivity index (χ2v) is 3.91. The molecule has 1 rings (SSSR count). The van der Waals surface area contributed by atoms with Crippen molar-refractivity contribution in [1.82, 2.24) is 0 Å². The third-order valence-corrected chi connectivity index (χ3v) is 2.41. The number of aliphatic carboxylic acids is 3. The monoisotopic (exact) mass is 270 g/mol. The van der Waals surface area contributed by atoms with E-state index in [2.05, 4.69) is 0 Å². The molecule has 102 valence electrons. The maximum atomic E-state index is 13.3. The summed E-state index contributed by atoms with van der Waals surface area (Å²) in [6.07, 6.45) is -1.68. The maximum absolute atomic E-state index is 13.3. The second-order valence-electron chi connectivity index (χ2n) is 3.91. The van der Waals surface area contributed by atoms with Crippen LogP contribution in [0.5, 0.6) is 0 Å². The molecule has 0 saturated heterocycles. The summed E-state index contributed by atoms with van der Waals surface area (Å²) in [7, 11) is 0. The van der Waals surface area contributed by atoms with Gasteiger partial charge >= 0.3 is 17.9 Å². The van der Waals surface area contributed by atoms with Crippen molar-refractivity contribution < 1.29 is 34.1 Å². The second kappa shape index (κ2) is 5.94. The van der Waals surface area contributed by atoms with E-state index in [1.54, 1.807) is 0 Å². The number of rotatable bonds is 6. The van der Waals surface area contributed by atoms with Crippen LogP contribution in [-0.2, 0) is 33.6 Å². The van der Waals surface area contributed by atoms with Crippen molar-refractivity contribution >= 4 is 17.9 Å². The summed E-state index contributed by atoms with van der Waals surface area (Å²) >= 11 is 0. The molecule has 0 aliphatic rings. The fraction of sp³-hybridized carbons (Fsp3) is 0.250. The molecule has 0 unspecified atom stereocenters. The van der Waals surface area contributed by atoms with Crippen molar-refractivity contribution in [3.63, 3.8) is 0 Å². The van der Waals surface area contributed by atoms with Crippen LogP contribution in [0.1, 0.15) is 16.7 Å². The van der Waals surface area contributed by atoms with E-state index in [1.165, 1.54) is 0 Å². The molecule has 0 atom stereocenters. The highest BCUT2D eigenvalue weighted by molar-refractivity contribution is 5.77. The molecule has 1 aromatic carbocycles. The number of halogens is 1. The van der Waals surface area contributed by atoms with E-state index < -0.39 is 43.0 Å². The smallest absolute Gasteiger partial charge is 0.307 e. The molecule has 3 N–H and O–H groups in total. The summed E-state index contributed by atoms with van der Waals surface area (Å²) in [4.78, 5) is 32.1. The molecule has 0 heterocycles. The minimum absolute atomic E-state index is 0.0221. The van der Waals surface area contributed by atoms with Crippen molar-refractivity contribution in [1.29, 1.82) is 0 Å². The Hall–Kier alpha value is -2.44. The fourth-order valence-electron chi connectivity index (χ4n) is 1.77. The molecule has 6 nitrogen and oxygen atoms in total. The van der Waals surface area contributed by atoms with Crippen LogP contribution in [0.4, 0.5) is 4.39 Å². The molecule has 0 aromatic heterocycles. The van der Waals surface area contributed by atoms with E-state index in [0.717, 1.165) is 12.1 Å². The largest absolute Gasteiger partial charge is 0.481 e. The Balaban J connectivity index is 3.33. The Labute approximate surface area is 107 Å². The normalized spacial score (nSPS) is 10.2. The summed E-state index contributed by atoms with van der Waals surface area (Å²) in [6, 6.07) is 1.83. The first-order chi connectivity index (χ1) is 8.79. The first-order valence-electron chi connectivity index (χ1n) is 5.25. The van der Waals surface area contributed by atoms with Crippen molar-refractivity contribution in [2.24, 2.45) is 0 Å². The van der Waals surface area contributed by atoms with Crippen LogP contribution < -0.4 is 0 Å². The van der Waals surface area contributed by atoms with E-state index in [1.807, 2.05) is 0 Å². The lowest BCUT2D eigenvalue weighted by Crippen LogP contribution is -2.13. The average molecular weight is 270 g/mol. The molecule has 0 fully saturated rings. The van der Waals surface area contributed by atoms with Gasteiger partial charge in [0, 0.05) is 0 Å². The summed E-state index contributed by atoms with van der Waals surface area (Å²) in [5.41, 5.74) is -0.00370. The highest BCUT2D eigenvalue weighted by Gasteiger charge is 2.17. The fourth-order valence-corrected chi connectivity index (χ4v) is 1.77. The standard InChI is InChI=1S/C12H11FO6/c13-8-1-6(3-10(14)15)9(5-12(18)19)7(2-8)4-11(16)17/h1-2H,3-5H2,(H,14,15)(H,16,17)(H,18,19). The number of hydrogen-bond acceptors (Lipinski definition) is 3. The lowest BCUT2D eigenvalue weighted by atomic mass is 9.94. The number of carboxylic acid groups (broad SMARTS) is 3. The van der Waals surface area contributed by atoms with Gasteiger partial charge in [-0.3, -0.25) is 14.4 Å². The Morgan fingerprint density at radius 1 is 0.842 bits per heavy atom. The molecule has 0 spiro atoms. The van der Waals surface area contributed by atoms with Gasteiger partial charge in [0.2, 0.25) is 0 Å². The molecular formula is C12H11FO6. The Morgan fingerprint density at radius 2 is 1.21 bits per heavy atom.